The van der Waals surface area contributed by atoms with Crippen LogP contribution >= 0.6 is 11.8 Å². The van der Waals surface area contributed by atoms with E-state index in [1.807, 2.05) is 0 Å². The number of hydrogen-bond acceptors (Lipinski definition) is 8. The monoisotopic (exact) mass is 292 g/mol. The van der Waals surface area contributed by atoms with Crippen molar-refractivity contribution < 1.29 is 13.3 Å². The second kappa shape index (κ2) is 5.98. The molecule has 0 aliphatic heterocycles. The first-order valence-electron chi connectivity index (χ1n) is 4.76. The number of aromatic nitrogens is 1. The molecule has 0 aliphatic rings. The Morgan fingerprint density at radius 1 is 1.56 bits per heavy atom. The molecule has 8 nitrogen and oxygen atoms in total. The van der Waals surface area contributed by atoms with Gasteiger partial charge in [-0.15, -0.1) is 0 Å². The maximum absolute atomic E-state index is 11.0. The number of rotatable bonds is 6. The molecule has 0 bridgehead atoms. The van der Waals surface area contributed by atoms with E-state index in [0.717, 1.165) is 18.0 Å². The number of anilines is 1. The fourth-order valence-electron chi connectivity index (χ4n) is 1.05. The van der Waals surface area contributed by atoms with Crippen LogP contribution in [0.4, 0.5) is 11.5 Å². The SMILES string of the molecule is CS(=O)(=O)CCSc1nc(NN)ccc1[N+](=O)[O-]. The molecule has 0 aliphatic carbocycles. The van der Waals surface area contributed by atoms with Crippen LogP contribution in [0, 0.1) is 10.1 Å². The van der Waals surface area contributed by atoms with Gasteiger partial charge >= 0.3 is 5.69 Å². The summed E-state index contributed by atoms with van der Waals surface area (Å²) in [6.07, 6.45) is 1.10. The predicted molar refractivity (Wildman–Crippen MR) is 69.1 cm³/mol. The van der Waals surface area contributed by atoms with E-state index >= 15 is 0 Å². The van der Waals surface area contributed by atoms with E-state index in [4.69, 9.17) is 5.84 Å². The van der Waals surface area contributed by atoms with Crippen LogP contribution in [0.2, 0.25) is 0 Å². The van der Waals surface area contributed by atoms with Gasteiger partial charge in [-0.05, 0) is 6.07 Å². The minimum absolute atomic E-state index is 0.0726. The van der Waals surface area contributed by atoms with Gasteiger partial charge in [0, 0.05) is 18.1 Å². The second-order valence-electron chi connectivity index (χ2n) is 3.40. The highest BCUT2D eigenvalue weighted by molar-refractivity contribution is 8.00. The van der Waals surface area contributed by atoms with Crippen molar-refractivity contribution in [3.05, 3.63) is 22.2 Å². The van der Waals surface area contributed by atoms with Crippen molar-refractivity contribution in [2.75, 3.05) is 23.2 Å². The van der Waals surface area contributed by atoms with Gasteiger partial charge in [-0.3, -0.25) is 10.1 Å². The van der Waals surface area contributed by atoms with Gasteiger partial charge in [-0.1, -0.05) is 11.8 Å². The third kappa shape index (κ3) is 4.47. The molecule has 0 saturated heterocycles. The number of nitrogens with two attached hydrogens (primary N) is 1. The highest BCUT2D eigenvalue weighted by Crippen LogP contribution is 2.28. The maximum atomic E-state index is 11.0. The molecule has 1 aromatic rings. The molecule has 0 saturated carbocycles. The highest BCUT2D eigenvalue weighted by Gasteiger charge is 2.17. The van der Waals surface area contributed by atoms with Crippen molar-refractivity contribution in [2.24, 2.45) is 5.84 Å². The zero-order valence-corrected chi connectivity index (χ0v) is 11.1. The molecule has 18 heavy (non-hydrogen) atoms. The van der Waals surface area contributed by atoms with Gasteiger partial charge in [0.1, 0.15) is 15.7 Å². The Bertz CT molecular complexity index is 546. The van der Waals surface area contributed by atoms with Crippen LogP contribution in [0.5, 0.6) is 0 Å². The number of thioether (sulfide) groups is 1. The minimum Gasteiger partial charge on any atom is -0.308 e. The fourth-order valence-corrected chi connectivity index (χ4v) is 3.24. The molecule has 0 atom stereocenters. The summed E-state index contributed by atoms with van der Waals surface area (Å²) in [4.78, 5) is 14.1. The van der Waals surface area contributed by atoms with Crippen LogP contribution < -0.4 is 11.3 Å². The maximum Gasteiger partial charge on any atom is 0.301 e. The third-order valence-corrected chi connectivity index (χ3v) is 4.06. The molecular formula is C8H12N4O4S2. The summed E-state index contributed by atoms with van der Waals surface area (Å²) in [5, 5.41) is 10.9. The number of pyridine rings is 1. The van der Waals surface area contributed by atoms with E-state index < -0.39 is 14.8 Å². The number of nitro groups is 1. The summed E-state index contributed by atoms with van der Waals surface area (Å²) in [7, 11) is -3.10. The van der Waals surface area contributed by atoms with E-state index in [1.165, 1.54) is 12.1 Å². The number of hydrazine groups is 1. The average Bonchev–Trinajstić information content (AvgIpc) is 2.26. The lowest BCUT2D eigenvalue weighted by Crippen LogP contribution is -2.10. The Hall–Kier alpha value is -1.39. The van der Waals surface area contributed by atoms with Crippen LogP contribution in [0.1, 0.15) is 0 Å². The number of sulfone groups is 1. The van der Waals surface area contributed by atoms with E-state index in [0.29, 0.717) is 0 Å². The molecule has 0 fully saturated rings. The van der Waals surface area contributed by atoms with Crippen LogP contribution in [0.15, 0.2) is 17.2 Å². The molecule has 0 amide bonds. The smallest absolute Gasteiger partial charge is 0.301 e. The lowest BCUT2D eigenvalue weighted by Gasteiger charge is -2.04. The van der Waals surface area contributed by atoms with Gasteiger partial charge in [0.05, 0.1) is 10.7 Å². The van der Waals surface area contributed by atoms with Gasteiger partial charge in [0.25, 0.3) is 0 Å². The van der Waals surface area contributed by atoms with E-state index in [9.17, 15) is 18.5 Å². The van der Waals surface area contributed by atoms with Crippen LogP contribution in [-0.4, -0.2) is 36.1 Å². The van der Waals surface area contributed by atoms with Gasteiger partial charge in [-0.2, -0.15) is 0 Å². The number of hydrogen-bond donors (Lipinski definition) is 2. The zero-order valence-electron chi connectivity index (χ0n) is 9.49. The molecule has 100 valence electrons. The van der Waals surface area contributed by atoms with Crippen molar-refractivity contribution in [3.8, 4) is 0 Å². The Morgan fingerprint density at radius 2 is 2.22 bits per heavy atom. The molecule has 1 aromatic heterocycles. The van der Waals surface area contributed by atoms with Crippen LogP contribution in [-0.2, 0) is 9.84 Å². The number of nitrogens with zero attached hydrogens (tertiary/aromatic N) is 2. The largest absolute Gasteiger partial charge is 0.308 e. The average molecular weight is 292 g/mol. The summed E-state index contributed by atoms with van der Waals surface area (Å²) in [5.41, 5.74) is 2.10. The van der Waals surface area contributed by atoms with Crippen molar-refractivity contribution >= 4 is 33.1 Å². The van der Waals surface area contributed by atoms with E-state index in [2.05, 4.69) is 10.4 Å². The molecule has 3 N–H and O–H groups in total. The summed E-state index contributed by atoms with van der Waals surface area (Å²) in [6, 6.07) is 2.64. The first-order valence-corrected chi connectivity index (χ1v) is 7.80. The normalized spacial score (nSPS) is 11.2. The summed E-state index contributed by atoms with van der Waals surface area (Å²) >= 11 is 1.00. The van der Waals surface area contributed by atoms with E-state index in [1.54, 1.807) is 0 Å². The van der Waals surface area contributed by atoms with Crippen LogP contribution in [0.3, 0.4) is 0 Å². The standard InChI is InChI=1S/C8H12N4O4S2/c1-18(15,16)5-4-17-8-6(12(13)14)2-3-7(10-8)11-9/h2-3H,4-5,9H2,1H3,(H,10,11). The Kier molecular flexibility index (Phi) is 4.87. The van der Waals surface area contributed by atoms with Crippen LogP contribution in [0.25, 0.3) is 0 Å². The van der Waals surface area contributed by atoms with Gasteiger partial charge < -0.3 is 5.43 Å². The lowest BCUT2D eigenvalue weighted by atomic mass is 10.4. The first-order chi connectivity index (χ1) is 8.33. The summed E-state index contributed by atoms with van der Waals surface area (Å²) in [5.74, 6) is 5.56. The van der Waals surface area contributed by atoms with Crippen molar-refractivity contribution in [2.45, 2.75) is 5.03 Å². The lowest BCUT2D eigenvalue weighted by molar-refractivity contribution is -0.388. The molecule has 10 heteroatoms. The van der Waals surface area contributed by atoms with Crippen molar-refractivity contribution in [1.82, 2.24) is 4.98 Å². The number of nitrogen functional groups attached to an aromatic ring is 1. The molecular weight excluding hydrogens is 280 g/mol. The van der Waals surface area contributed by atoms with Gasteiger partial charge in [0.2, 0.25) is 0 Å². The van der Waals surface area contributed by atoms with Crippen molar-refractivity contribution in [1.29, 1.82) is 0 Å². The summed E-state index contributed by atoms with van der Waals surface area (Å²) in [6.45, 7) is 0. The highest BCUT2D eigenvalue weighted by atomic mass is 32.2. The molecule has 0 spiro atoms. The third-order valence-electron chi connectivity index (χ3n) is 1.88. The molecule has 0 unspecified atom stereocenters. The van der Waals surface area contributed by atoms with E-state index in [-0.39, 0.29) is 28.0 Å². The zero-order chi connectivity index (χ0) is 13.8. The Balaban J connectivity index is 2.87. The molecule has 0 aromatic carbocycles. The fraction of sp³-hybridized carbons (Fsp3) is 0.375. The van der Waals surface area contributed by atoms with Crippen molar-refractivity contribution in [3.63, 3.8) is 0 Å². The Labute approximate surface area is 108 Å². The second-order valence-corrected chi connectivity index (χ2v) is 6.74. The topological polar surface area (TPSA) is 128 Å². The molecule has 1 heterocycles. The number of nitrogens with one attached hydrogen (secondary N) is 1. The first kappa shape index (κ1) is 14.7. The predicted octanol–water partition coefficient (Wildman–Crippen LogP) is 0.412. The molecule has 0 radical (unpaired) electrons. The molecule has 1 rings (SSSR count). The van der Waals surface area contributed by atoms with Gasteiger partial charge in [-0.25, -0.2) is 19.2 Å². The minimum atomic E-state index is -3.10. The van der Waals surface area contributed by atoms with Gasteiger partial charge in [0.15, 0.2) is 5.03 Å². The summed E-state index contributed by atoms with van der Waals surface area (Å²) < 4.78 is 21.9. The Morgan fingerprint density at radius 3 is 2.72 bits per heavy atom. The quantitative estimate of drug-likeness (QED) is 0.334.